The van der Waals surface area contributed by atoms with E-state index in [1.807, 2.05) is 0 Å². The third kappa shape index (κ3) is 14.1. The Bertz CT molecular complexity index is 233. The van der Waals surface area contributed by atoms with Gasteiger partial charge in [0.15, 0.2) is 0 Å². The molecule has 0 spiro atoms. The van der Waals surface area contributed by atoms with E-state index in [2.05, 4.69) is 26.9 Å². The Kier molecular flexibility index (Phi) is 15.3. The quantitative estimate of drug-likeness (QED) is 0.160. The predicted molar refractivity (Wildman–Crippen MR) is 104 cm³/mol. The molecular formula is C19H41ClOSi. The van der Waals surface area contributed by atoms with Crippen LogP contribution in [-0.2, 0) is 4.43 Å². The Balaban J connectivity index is 3.56. The Labute approximate surface area is 146 Å². The summed E-state index contributed by atoms with van der Waals surface area (Å²) in [7, 11) is -1.61. The molecule has 1 atom stereocenters. The average molecular weight is 349 g/mol. The molecule has 0 aromatic carbocycles. The van der Waals surface area contributed by atoms with Crippen LogP contribution in [0.15, 0.2) is 0 Å². The highest BCUT2D eigenvalue weighted by molar-refractivity contribution is 6.77. The van der Waals surface area contributed by atoms with Gasteiger partial charge in [-0.05, 0) is 25.9 Å². The number of alkyl halides is 1. The van der Waals surface area contributed by atoms with Crippen molar-refractivity contribution >= 4 is 19.9 Å². The van der Waals surface area contributed by atoms with Crippen molar-refractivity contribution in [2.45, 2.75) is 117 Å². The normalized spacial score (nSPS) is 13.5. The minimum absolute atomic E-state index is 0.458. The largest absolute Gasteiger partial charge is 0.413 e. The minimum Gasteiger partial charge on any atom is -0.413 e. The van der Waals surface area contributed by atoms with Crippen molar-refractivity contribution < 1.29 is 4.43 Å². The van der Waals surface area contributed by atoms with E-state index in [4.69, 9.17) is 16.0 Å². The van der Waals surface area contributed by atoms with Gasteiger partial charge >= 0.3 is 0 Å². The summed E-state index contributed by atoms with van der Waals surface area (Å²) in [6.07, 6.45) is 18.2. The fraction of sp³-hybridized carbons (Fsp3) is 1.00. The Morgan fingerprint density at radius 2 is 1.23 bits per heavy atom. The second-order valence-electron chi connectivity index (χ2n) is 7.39. The van der Waals surface area contributed by atoms with E-state index < -0.39 is 8.32 Å². The van der Waals surface area contributed by atoms with Crippen molar-refractivity contribution in [1.29, 1.82) is 0 Å². The molecule has 0 heterocycles. The van der Waals surface area contributed by atoms with Gasteiger partial charge in [0, 0.05) is 11.6 Å². The maximum Gasteiger partial charge on any atom is 0.201 e. The highest BCUT2D eigenvalue weighted by Gasteiger charge is 2.25. The predicted octanol–water partition coefficient (Wildman–Crippen LogP) is 7.47. The molecule has 0 saturated heterocycles. The van der Waals surface area contributed by atoms with Gasteiger partial charge in [-0.15, -0.1) is 11.6 Å². The molecule has 134 valence electrons. The molecular weight excluding hydrogens is 308 g/mol. The molecule has 0 N–H and O–H groups in total. The van der Waals surface area contributed by atoms with Gasteiger partial charge < -0.3 is 4.43 Å². The fourth-order valence-corrected chi connectivity index (χ4v) is 4.32. The standard InChI is InChI=1S/C19H41ClOSi/c1-5-7-8-9-10-11-12-13-14-15-17-19(16-6-2)21-22(3,4)18-20/h19H,5-18H2,1-4H3. The van der Waals surface area contributed by atoms with Gasteiger partial charge in [-0.25, -0.2) is 0 Å². The number of halogens is 1. The van der Waals surface area contributed by atoms with Gasteiger partial charge in [0.25, 0.3) is 0 Å². The summed E-state index contributed by atoms with van der Waals surface area (Å²) in [4.78, 5) is 0. The van der Waals surface area contributed by atoms with Crippen LogP contribution in [0, 0.1) is 0 Å². The lowest BCUT2D eigenvalue weighted by molar-refractivity contribution is 0.168. The first-order chi connectivity index (χ1) is 10.6. The summed E-state index contributed by atoms with van der Waals surface area (Å²) in [6.45, 7) is 9.01. The van der Waals surface area contributed by atoms with E-state index in [0.717, 1.165) is 0 Å². The highest BCUT2D eigenvalue weighted by atomic mass is 35.5. The lowest BCUT2D eigenvalue weighted by Gasteiger charge is -2.27. The summed E-state index contributed by atoms with van der Waals surface area (Å²) < 4.78 is 6.32. The zero-order valence-corrected chi connectivity index (χ0v) is 17.5. The van der Waals surface area contributed by atoms with Crippen LogP contribution in [0.5, 0.6) is 0 Å². The van der Waals surface area contributed by atoms with Crippen molar-refractivity contribution in [2.75, 3.05) is 5.50 Å². The van der Waals surface area contributed by atoms with Gasteiger partial charge in [-0.2, -0.15) is 0 Å². The lowest BCUT2D eigenvalue weighted by Crippen LogP contribution is -2.37. The molecule has 0 saturated carbocycles. The molecule has 1 nitrogen and oxygen atoms in total. The maximum absolute atomic E-state index is 6.32. The molecule has 3 heteroatoms. The lowest BCUT2D eigenvalue weighted by atomic mass is 10.0. The number of unbranched alkanes of at least 4 members (excludes halogenated alkanes) is 9. The first kappa shape index (κ1) is 22.5. The van der Waals surface area contributed by atoms with Gasteiger partial charge in [0.2, 0.25) is 8.32 Å². The van der Waals surface area contributed by atoms with E-state index in [-0.39, 0.29) is 0 Å². The second kappa shape index (κ2) is 15.0. The topological polar surface area (TPSA) is 9.23 Å². The number of rotatable bonds is 16. The molecule has 0 radical (unpaired) electrons. The third-order valence-electron chi connectivity index (χ3n) is 4.30. The summed E-state index contributed by atoms with van der Waals surface area (Å²) in [6, 6.07) is 0. The maximum atomic E-state index is 6.32. The van der Waals surface area contributed by atoms with E-state index in [1.165, 1.54) is 83.5 Å². The monoisotopic (exact) mass is 348 g/mol. The zero-order valence-electron chi connectivity index (χ0n) is 15.8. The van der Waals surface area contributed by atoms with Crippen LogP contribution in [0.3, 0.4) is 0 Å². The Morgan fingerprint density at radius 1 is 0.727 bits per heavy atom. The van der Waals surface area contributed by atoms with E-state index in [1.54, 1.807) is 0 Å². The van der Waals surface area contributed by atoms with Crippen LogP contribution >= 0.6 is 11.6 Å². The van der Waals surface area contributed by atoms with Crippen molar-refractivity contribution in [3.05, 3.63) is 0 Å². The molecule has 0 amide bonds. The van der Waals surface area contributed by atoms with Crippen LogP contribution in [0.2, 0.25) is 13.1 Å². The first-order valence-electron chi connectivity index (χ1n) is 9.79. The van der Waals surface area contributed by atoms with Crippen LogP contribution in [-0.4, -0.2) is 19.9 Å². The van der Waals surface area contributed by atoms with E-state index in [0.29, 0.717) is 11.6 Å². The van der Waals surface area contributed by atoms with Crippen LogP contribution in [0.1, 0.15) is 97.3 Å². The zero-order chi connectivity index (χ0) is 16.7. The van der Waals surface area contributed by atoms with Gasteiger partial charge in [-0.1, -0.05) is 84.5 Å². The van der Waals surface area contributed by atoms with E-state index >= 15 is 0 Å². The molecule has 0 rings (SSSR count). The van der Waals surface area contributed by atoms with Gasteiger partial charge in [0.05, 0.1) is 0 Å². The number of hydrogen-bond acceptors (Lipinski definition) is 1. The van der Waals surface area contributed by atoms with Crippen LogP contribution in [0.25, 0.3) is 0 Å². The molecule has 0 aliphatic heterocycles. The summed E-state index contributed by atoms with van der Waals surface area (Å²) in [5.74, 6) is 0. The summed E-state index contributed by atoms with van der Waals surface area (Å²) in [5, 5.41) is 0. The fourth-order valence-electron chi connectivity index (χ4n) is 2.93. The average Bonchev–Trinajstić information content (AvgIpc) is 2.49. The van der Waals surface area contributed by atoms with Crippen molar-refractivity contribution in [1.82, 2.24) is 0 Å². The molecule has 22 heavy (non-hydrogen) atoms. The highest BCUT2D eigenvalue weighted by Crippen LogP contribution is 2.19. The Hall–Kier alpha value is 0.467. The molecule has 0 fully saturated rings. The first-order valence-corrected chi connectivity index (χ1v) is 13.4. The third-order valence-corrected chi connectivity index (χ3v) is 7.84. The second-order valence-corrected chi connectivity index (χ2v) is 12.2. The number of hydrogen-bond donors (Lipinski definition) is 0. The van der Waals surface area contributed by atoms with Crippen molar-refractivity contribution in [3.63, 3.8) is 0 Å². The molecule has 0 aromatic rings. The SMILES string of the molecule is CCCCCCCCCCCCC(CCC)O[Si](C)(C)CCl. The van der Waals surface area contributed by atoms with Crippen LogP contribution in [0.4, 0.5) is 0 Å². The molecule has 1 unspecified atom stereocenters. The van der Waals surface area contributed by atoms with Crippen molar-refractivity contribution in [2.24, 2.45) is 0 Å². The summed E-state index contributed by atoms with van der Waals surface area (Å²) in [5.41, 5.74) is 0.714. The molecule has 0 aliphatic carbocycles. The molecule has 0 bridgehead atoms. The van der Waals surface area contributed by atoms with E-state index in [9.17, 15) is 0 Å². The Morgan fingerprint density at radius 3 is 1.68 bits per heavy atom. The van der Waals surface area contributed by atoms with Gasteiger partial charge in [0.1, 0.15) is 0 Å². The van der Waals surface area contributed by atoms with Crippen molar-refractivity contribution in [3.8, 4) is 0 Å². The van der Waals surface area contributed by atoms with Gasteiger partial charge in [-0.3, -0.25) is 0 Å². The summed E-state index contributed by atoms with van der Waals surface area (Å²) >= 11 is 6.04. The molecule has 0 aromatic heterocycles. The molecule has 0 aliphatic rings. The smallest absolute Gasteiger partial charge is 0.201 e. The minimum atomic E-state index is -1.61. The van der Waals surface area contributed by atoms with Crippen LogP contribution < -0.4 is 0 Å².